The molecule has 3 atom stereocenters. The van der Waals surface area contributed by atoms with Gasteiger partial charge in [-0.3, -0.25) is 0 Å². The summed E-state index contributed by atoms with van der Waals surface area (Å²) in [4.78, 5) is 0. The fourth-order valence-electron chi connectivity index (χ4n) is 1.99. The Morgan fingerprint density at radius 2 is 1.75 bits per heavy atom. The highest BCUT2D eigenvalue weighted by Crippen LogP contribution is 2.49. The maximum absolute atomic E-state index is 11.6. The van der Waals surface area contributed by atoms with Crippen LogP contribution in [0.1, 0.15) is 26.7 Å². The zero-order valence-corrected chi connectivity index (χ0v) is 9.93. The molecule has 1 fully saturated rings. The molecule has 1 aliphatic carbocycles. The Kier molecular flexibility index (Phi) is 3.41. The maximum atomic E-state index is 11.6. The Labute approximate surface area is 82.9 Å². The summed E-state index contributed by atoms with van der Waals surface area (Å²) in [5, 5.41) is 0. The van der Waals surface area contributed by atoms with Gasteiger partial charge in [-0.2, -0.15) is 0 Å². The normalized spacial score (nSPS) is 36.8. The first-order valence-corrected chi connectivity index (χ1v) is 7.19. The minimum Gasteiger partial charge on any atom is -0.615 e. The van der Waals surface area contributed by atoms with E-state index in [9.17, 15) is 4.55 Å². The van der Waals surface area contributed by atoms with Crippen LogP contribution in [0.4, 0.5) is 0 Å². The molecule has 0 heterocycles. The lowest BCUT2D eigenvalue weighted by Crippen LogP contribution is -2.31. The van der Waals surface area contributed by atoms with E-state index in [4.69, 9.17) is 0 Å². The smallest absolute Gasteiger partial charge is 0.170 e. The van der Waals surface area contributed by atoms with E-state index in [2.05, 4.69) is 20.1 Å². The third kappa shape index (κ3) is 1.78. The van der Waals surface area contributed by atoms with Crippen molar-refractivity contribution in [3.63, 3.8) is 0 Å². The van der Waals surface area contributed by atoms with Crippen molar-refractivity contribution in [3.8, 4) is 0 Å². The third-order valence-corrected chi connectivity index (χ3v) is 6.80. The monoisotopic (exact) mass is 206 g/mol. The zero-order chi connectivity index (χ0) is 9.35. The Bertz CT molecular complexity index is 149. The minimum absolute atomic E-state index is 0.0683. The second-order valence-corrected chi connectivity index (χ2v) is 7.07. The number of hydrogen-bond donors (Lipinski definition) is 0. The average molecular weight is 206 g/mol. The van der Waals surface area contributed by atoms with E-state index in [1.807, 2.05) is 6.26 Å². The molecule has 0 aromatic rings. The average Bonchev–Trinajstić information content (AvgIpc) is 2.29. The van der Waals surface area contributed by atoms with Crippen molar-refractivity contribution in [2.45, 2.75) is 30.8 Å². The van der Waals surface area contributed by atoms with Crippen LogP contribution < -0.4 is 0 Å². The standard InChI is InChI=1S/C9H18OS2/c1-7-5-9(11-3,12(4)10)6-8(7)2/h7-8H,5-6H2,1-4H3/t7-,8-,12?/m0/s1. The number of thioether (sulfide) groups is 1. The van der Waals surface area contributed by atoms with Gasteiger partial charge in [-0.25, -0.2) is 0 Å². The first-order valence-electron chi connectivity index (χ1n) is 4.40. The second-order valence-electron chi connectivity index (χ2n) is 3.93. The van der Waals surface area contributed by atoms with Crippen molar-refractivity contribution in [2.24, 2.45) is 11.8 Å². The molecule has 0 amide bonds. The summed E-state index contributed by atoms with van der Waals surface area (Å²) < 4.78 is 11.6. The molecule has 0 radical (unpaired) electrons. The quantitative estimate of drug-likeness (QED) is 0.648. The van der Waals surface area contributed by atoms with Gasteiger partial charge in [0.25, 0.3) is 0 Å². The molecule has 1 rings (SSSR count). The van der Waals surface area contributed by atoms with Gasteiger partial charge < -0.3 is 4.55 Å². The van der Waals surface area contributed by atoms with Gasteiger partial charge in [0.05, 0.1) is 6.26 Å². The fourth-order valence-corrected chi connectivity index (χ4v) is 4.78. The SMILES string of the molecule is CSC1([S+](C)[O-])C[C@H](C)[C@@H](C)C1. The summed E-state index contributed by atoms with van der Waals surface area (Å²) in [6.45, 7) is 4.55. The van der Waals surface area contributed by atoms with Crippen LogP contribution in [0, 0.1) is 11.8 Å². The third-order valence-electron chi connectivity index (χ3n) is 3.13. The van der Waals surface area contributed by atoms with E-state index in [-0.39, 0.29) is 4.08 Å². The molecule has 0 N–H and O–H groups in total. The predicted molar refractivity (Wildman–Crippen MR) is 57.9 cm³/mol. The highest BCUT2D eigenvalue weighted by atomic mass is 32.3. The molecule has 1 unspecified atom stereocenters. The van der Waals surface area contributed by atoms with Gasteiger partial charge in [-0.05, 0) is 29.3 Å². The lowest BCUT2D eigenvalue weighted by molar-refractivity contribution is 0.457. The van der Waals surface area contributed by atoms with E-state index in [0.29, 0.717) is 0 Å². The van der Waals surface area contributed by atoms with Crippen LogP contribution in [-0.2, 0) is 11.2 Å². The van der Waals surface area contributed by atoms with E-state index in [1.54, 1.807) is 11.8 Å². The molecule has 0 bridgehead atoms. The van der Waals surface area contributed by atoms with Crippen LogP contribution in [0.25, 0.3) is 0 Å². The molecular weight excluding hydrogens is 188 g/mol. The van der Waals surface area contributed by atoms with Gasteiger partial charge in [-0.1, -0.05) is 13.8 Å². The summed E-state index contributed by atoms with van der Waals surface area (Å²) in [5.74, 6) is 1.47. The van der Waals surface area contributed by atoms with Crippen LogP contribution in [0.15, 0.2) is 0 Å². The Balaban J connectivity index is 2.71. The topological polar surface area (TPSA) is 23.1 Å². The Morgan fingerprint density at radius 3 is 1.92 bits per heavy atom. The summed E-state index contributed by atoms with van der Waals surface area (Å²) >= 11 is 1.12. The van der Waals surface area contributed by atoms with Crippen molar-refractivity contribution in [2.75, 3.05) is 12.5 Å². The summed E-state index contributed by atoms with van der Waals surface area (Å²) in [6, 6.07) is 0. The fraction of sp³-hybridized carbons (Fsp3) is 1.00. The largest absolute Gasteiger partial charge is 0.615 e. The van der Waals surface area contributed by atoms with Crippen molar-refractivity contribution in [1.82, 2.24) is 0 Å². The van der Waals surface area contributed by atoms with Crippen LogP contribution in [0.5, 0.6) is 0 Å². The minimum atomic E-state index is -0.678. The lowest BCUT2D eigenvalue weighted by atomic mass is 10.0. The number of hydrogen-bond acceptors (Lipinski definition) is 2. The van der Waals surface area contributed by atoms with Crippen molar-refractivity contribution >= 4 is 22.9 Å². The molecule has 0 aromatic heterocycles. The van der Waals surface area contributed by atoms with Gasteiger partial charge in [0.2, 0.25) is 0 Å². The molecule has 0 aliphatic heterocycles. The molecule has 1 saturated carbocycles. The van der Waals surface area contributed by atoms with Crippen LogP contribution in [0.2, 0.25) is 0 Å². The molecule has 0 spiro atoms. The van der Waals surface area contributed by atoms with Crippen LogP contribution >= 0.6 is 11.8 Å². The molecule has 1 nitrogen and oxygen atoms in total. The molecule has 3 heteroatoms. The summed E-state index contributed by atoms with van der Waals surface area (Å²) in [6.07, 6.45) is 6.18. The lowest BCUT2D eigenvalue weighted by Gasteiger charge is -2.27. The molecule has 12 heavy (non-hydrogen) atoms. The summed E-state index contributed by atoms with van der Waals surface area (Å²) in [5.41, 5.74) is 0. The zero-order valence-electron chi connectivity index (χ0n) is 8.29. The van der Waals surface area contributed by atoms with Crippen molar-refractivity contribution in [1.29, 1.82) is 0 Å². The summed E-state index contributed by atoms with van der Waals surface area (Å²) in [7, 11) is 0. The molecule has 72 valence electrons. The molecular formula is C9H18OS2. The van der Waals surface area contributed by atoms with Gasteiger partial charge in [-0.15, -0.1) is 11.8 Å². The molecule has 1 aliphatic rings. The van der Waals surface area contributed by atoms with E-state index >= 15 is 0 Å². The van der Waals surface area contributed by atoms with Crippen molar-refractivity contribution < 1.29 is 4.55 Å². The number of rotatable bonds is 2. The van der Waals surface area contributed by atoms with E-state index < -0.39 is 11.2 Å². The highest BCUT2D eigenvalue weighted by Gasteiger charge is 2.48. The maximum Gasteiger partial charge on any atom is 0.170 e. The molecule has 0 aromatic carbocycles. The Hall–Kier alpha value is 0.660. The van der Waals surface area contributed by atoms with Gasteiger partial charge in [0, 0.05) is 12.8 Å². The van der Waals surface area contributed by atoms with Crippen LogP contribution in [-0.4, -0.2) is 21.1 Å². The first kappa shape index (κ1) is 10.7. The van der Waals surface area contributed by atoms with E-state index in [1.165, 1.54) is 0 Å². The predicted octanol–water partition coefficient (Wildman–Crippen LogP) is 2.49. The van der Waals surface area contributed by atoms with Gasteiger partial charge in [0.1, 0.15) is 0 Å². The van der Waals surface area contributed by atoms with Gasteiger partial charge in [0.15, 0.2) is 4.08 Å². The van der Waals surface area contributed by atoms with Gasteiger partial charge >= 0.3 is 0 Å². The first-order chi connectivity index (χ1) is 5.52. The molecule has 0 saturated heterocycles. The van der Waals surface area contributed by atoms with Crippen molar-refractivity contribution in [3.05, 3.63) is 0 Å². The highest BCUT2D eigenvalue weighted by molar-refractivity contribution is 8.14. The van der Waals surface area contributed by atoms with Crippen LogP contribution in [0.3, 0.4) is 0 Å². The van der Waals surface area contributed by atoms with E-state index in [0.717, 1.165) is 24.7 Å². The second kappa shape index (κ2) is 3.81. The Morgan fingerprint density at radius 1 is 1.33 bits per heavy atom.